The lowest BCUT2D eigenvalue weighted by Gasteiger charge is -2.28. The second-order valence-electron chi connectivity index (χ2n) is 7.27. The number of nitrogen functional groups attached to an aromatic ring is 1. The lowest BCUT2D eigenvalue weighted by atomic mass is 10.1. The highest BCUT2D eigenvalue weighted by atomic mass is 35.5. The Labute approximate surface area is 184 Å². The van der Waals surface area contributed by atoms with E-state index in [2.05, 4.69) is 20.2 Å². The molecule has 0 unspecified atom stereocenters. The molecular formula is C22H22ClF2N5O. The summed E-state index contributed by atoms with van der Waals surface area (Å²) in [5.74, 6) is -0.0851. The average molecular weight is 446 g/mol. The minimum Gasteiger partial charge on any atom is -0.482 e. The van der Waals surface area contributed by atoms with Gasteiger partial charge >= 0.3 is 0 Å². The normalized spacial score (nSPS) is 15.0. The number of nitrogens with zero attached hydrogens (tertiary/aromatic N) is 3. The van der Waals surface area contributed by atoms with E-state index in [9.17, 15) is 8.78 Å². The lowest BCUT2D eigenvalue weighted by Crippen LogP contribution is -2.43. The molecule has 0 aliphatic carbocycles. The Bertz CT molecular complexity index is 1070. The molecule has 1 fully saturated rings. The third-order valence-electron chi connectivity index (χ3n) is 5.19. The van der Waals surface area contributed by atoms with E-state index in [1.165, 1.54) is 0 Å². The van der Waals surface area contributed by atoms with Crippen molar-refractivity contribution in [3.8, 4) is 16.9 Å². The van der Waals surface area contributed by atoms with Gasteiger partial charge in [0.25, 0.3) is 0 Å². The molecule has 4 rings (SSSR count). The van der Waals surface area contributed by atoms with Crippen molar-refractivity contribution in [2.24, 2.45) is 0 Å². The third-order valence-corrected chi connectivity index (χ3v) is 5.58. The number of hydrogen-bond acceptors (Lipinski definition) is 6. The van der Waals surface area contributed by atoms with E-state index in [4.69, 9.17) is 22.1 Å². The smallest absolute Gasteiger partial charge is 0.166 e. The number of halogens is 3. The molecule has 3 heterocycles. The van der Waals surface area contributed by atoms with Gasteiger partial charge in [0.2, 0.25) is 0 Å². The number of nitrogens with one attached hydrogen (secondary N) is 1. The van der Waals surface area contributed by atoms with E-state index in [-0.39, 0.29) is 22.2 Å². The summed E-state index contributed by atoms with van der Waals surface area (Å²) in [5.41, 5.74) is 7.45. The van der Waals surface area contributed by atoms with Crippen LogP contribution in [0.5, 0.6) is 5.75 Å². The summed E-state index contributed by atoms with van der Waals surface area (Å²) < 4.78 is 33.8. The summed E-state index contributed by atoms with van der Waals surface area (Å²) >= 11 is 5.95. The maximum Gasteiger partial charge on any atom is 0.166 e. The van der Waals surface area contributed by atoms with E-state index in [0.717, 1.165) is 55.3 Å². The Morgan fingerprint density at radius 2 is 1.77 bits per heavy atom. The van der Waals surface area contributed by atoms with Crippen molar-refractivity contribution in [3.05, 3.63) is 64.9 Å². The van der Waals surface area contributed by atoms with Crippen LogP contribution in [-0.2, 0) is 0 Å². The molecule has 3 N–H and O–H groups in total. The second-order valence-corrected chi connectivity index (χ2v) is 7.64. The molecule has 31 heavy (non-hydrogen) atoms. The summed E-state index contributed by atoms with van der Waals surface area (Å²) in [6.07, 6.45) is 2.50. The first kappa shape index (κ1) is 21.3. The molecule has 3 aromatic rings. The van der Waals surface area contributed by atoms with E-state index >= 15 is 0 Å². The van der Waals surface area contributed by atoms with Crippen molar-refractivity contribution in [2.45, 2.75) is 13.0 Å². The third kappa shape index (κ3) is 4.55. The van der Waals surface area contributed by atoms with Gasteiger partial charge in [0.1, 0.15) is 23.6 Å². The summed E-state index contributed by atoms with van der Waals surface area (Å²) in [6, 6.07) is 7.60. The summed E-state index contributed by atoms with van der Waals surface area (Å²) in [5, 5.41) is 3.00. The van der Waals surface area contributed by atoms with Gasteiger partial charge in [-0.1, -0.05) is 11.6 Å². The molecule has 0 amide bonds. The van der Waals surface area contributed by atoms with Crippen molar-refractivity contribution in [2.75, 3.05) is 36.8 Å². The molecule has 1 aliphatic rings. The molecule has 0 radical (unpaired) electrons. The van der Waals surface area contributed by atoms with E-state index in [0.29, 0.717) is 0 Å². The van der Waals surface area contributed by atoms with Crippen LogP contribution in [0.4, 0.5) is 20.4 Å². The number of hydrogen-bond donors (Lipinski definition) is 2. The monoisotopic (exact) mass is 445 g/mol. The van der Waals surface area contributed by atoms with Crippen molar-refractivity contribution in [1.29, 1.82) is 0 Å². The van der Waals surface area contributed by atoms with Crippen LogP contribution in [0, 0.1) is 11.6 Å². The predicted molar refractivity (Wildman–Crippen MR) is 117 cm³/mol. The highest BCUT2D eigenvalue weighted by molar-refractivity contribution is 6.31. The van der Waals surface area contributed by atoms with Gasteiger partial charge in [-0.3, -0.25) is 0 Å². The molecule has 1 atom stereocenters. The van der Waals surface area contributed by atoms with Crippen LogP contribution >= 0.6 is 11.6 Å². The number of anilines is 2. The van der Waals surface area contributed by atoms with Crippen LogP contribution in [0.3, 0.4) is 0 Å². The number of nitrogens with two attached hydrogens (primary N) is 1. The molecule has 0 bridgehead atoms. The Kier molecular flexibility index (Phi) is 6.20. The van der Waals surface area contributed by atoms with Crippen LogP contribution in [0.15, 0.2) is 42.7 Å². The van der Waals surface area contributed by atoms with Gasteiger partial charge in [0.15, 0.2) is 11.6 Å². The van der Waals surface area contributed by atoms with Crippen LogP contribution in [0.2, 0.25) is 5.02 Å². The van der Waals surface area contributed by atoms with E-state index < -0.39 is 17.7 Å². The van der Waals surface area contributed by atoms with Crippen molar-refractivity contribution in [1.82, 2.24) is 15.3 Å². The van der Waals surface area contributed by atoms with Crippen molar-refractivity contribution in [3.63, 3.8) is 0 Å². The lowest BCUT2D eigenvalue weighted by molar-refractivity contribution is 0.221. The molecule has 9 heteroatoms. The maximum atomic E-state index is 14.2. The molecule has 1 aliphatic heterocycles. The Hall–Kier alpha value is -2.97. The molecule has 0 spiro atoms. The minimum atomic E-state index is -0.879. The zero-order chi connectivity index (χ0) is 22.0. The Morgan fingerprint density at radius 3 is 2.48 bits per heavy atom. The standard InChI is InChI=1S/C22H22ClF2N5O/c1-13(20-16(24)3-4-17(25)21(20)23)31-18-10-15(12-29-22(18)26)14-2-5-19(28-11-14)30-8-6-27-7-9-30/h2-5,10-13,27H,6-9H2,1H3,(H2,26,29)/t13-/m1/s1. The fourth-order valence-corrected chi connectivity index (χ4v) is 3.82. The van der Waals surface area contributed by atoms with Gasteiger partial charge in [-0.2, -0.15) is 0 Å². The van der Waals surface area contributed by atoms with Gasteiger partial charge < -0.3 is 20.7 Å². The molecular weight excluding hydrogens is 424 g/mol. The first-order valence-electron chi connectivity index (χ1n) is 9.91. The second kappa shape index (κ2) is 9.03. The van der Waals surface area contributed by atoms with Crippen molar-refractivity contribution >= 4 is 23.2 Å². The topological polar surface area (TPSA) is 76.3 Å². The molecule has 6 nitrogen and oxygen atoms in total. The molecule has 2 aromatic heterocycles. The molecule has 1 saturated heterocycles. The molecule has 1 aromatic carbocycles. The largest absolute Gasteiger partial charge is 0.482 e. The number of ether oxygens (including phenoxy) is 1. The number of pyridine rings is 2. The predicted octanol–water partition coefficient (Wildman–Crippen LogP) is 4.21. The number of piperazine rings is 1. The quantitative estimate of drug-likeness (QED) is 0.573. The minimum absolute atomic E-state index is 0.0755. The number of rotatable bonds is 5. The van der Waals surface area contributed by atoms with Gasteiger partial charge in [-0.05, 0) is 37.3 Å². The van der Waals surface area contributed by atoms with Gasteiger partial charge in [-0.25, -0.2) is 18.7 Å². The SMILES string of the molecule is C[C@@H](Oc1cc(-c2ccc(N3CCNCC3)nc2)cnc1N)c1c(F)ccc(F)c1Cl. The van der Waals surface area contributed by atoms with Crippen molar-refractivity contribution < 1.29 is 13.5 Å². The first-order valence-corrected chi connectivity index (χ1v) is 10.3. The van der Waals surface area contributed by atoms with Crippen LogP contribution in [0.1, 0.15) is 18.6 Å². The van der Waals surface area contributed by atoms with E-state index in [1.54, 1.807) is 25.4 Å². The first-order chi connectivity index (χ1) is 14.9. The highest BCUT2D eigenvalue weighted by Gasteiger charge is 2.21. The summed E-state index contributed by atoms with van der Waals surface area (Å²) in [6.45, 7) is 5.25. The number of aromatic nitrogens is 2. The summed E-state index contributed by atoms with van der Waals surface area (Å²) in [7, 11) is 0. The van der Waals surface area contributed by atoms with Gasteiger partial charge in [0.05, 0.1) is 5.02 Å². The highest BCUT2D eigenvalue weighted by Crippen LogP contribution is 2.34. The fraction of sp³-hybridized carbons (Fsp3) is 0.273. The molecule has 162 valence electrons. The molecule has 0 saturated carbocycles. The summed E-state index contributed by atoms with van der Waals surface area (Å²) in [4.78, 5) is 11.0. The average Bonchev–Trinajstić information content (AvgIpc) is 2.79. The fourth-order valence-electron chi connectivity index (χ4n) is 3.51. The van der Waals surface area contributed by atoms with Crippen LogP contribution < -0.4 is 20.7 Å². The van der Waals surface area contributed by atoms with Crippen LogP contribution in [-0.4, -0.2) is 36.1 Å². The maximum absolute atomic E-state index is 14.2. The zero-order valence-corrected chi connectivity index (χ0v) is 17.7. The number of benzene rings is 1. The van der Waals surface area contributed by atoms with Crippen LogP contribution in [0.25, 0.3) is 11.1 Å². The zero-order valence-electron chi connectivity index (χ0n) is 16.9. The van der Waals surface area contributed by atoms with Gasteiger partial charge in [0, 0.05) is 55.3 Å². The van der Waals surface area contributed by atoms with E-state index in [1.807, 2.05) is 12.1 Å². The van der Waals surface area contributed by atoms with Gasteiger partial charge in [-0.15, -0.1) is 0 Å². The Morgan fingerprint density at radius 1 is 1.06 bits per heavy atom. The Balaban J connectivity index is 1.57.